The fourth-order valence-corrected chi connectivity index (χ4v) is 2.42. The number of carbonyl (C=O) groups is 1. The largest absolute Gasteiger partial charge is 0.450 e. The summed E-state index contributed by atoms with van der Waals surface area (Å²) in [6, 6.07) is 0.388. The summed E-state index contributed by atoms with van der Waals surface area (Å²) in [5.41, 5.74) is 2.31. The molecule has 1 atom stereocenters. The zero-order valence-corrected chi connectivity index (χ0v) is 11.8. The molecule has 1 N–H and O–H groups in total. The number of nitrogens with one attached hydrogen (secondary N) is 1. The highest BCUT2D eigenvalue weighted by Gasteiger charge is 2.29. The highest BCUT2D eigenvalue weighted by molar-refractivity contribution is 5.68. The Morgan fingerprint density at radius 2 is 2.47 bits per heavy atom. The van der Waals surface area contributed by atoms with Crippen molar-refractivity contribution in [2.75, 3.05) is 26.7 Å². The molecule has 2 heterocycles. The van der Waals surface area contributed by atoms with Gasteiger partial charge in [-0.3, -0.25) is 10.00 Å². The van der Waals surface area contributed by atoms with Crippen LogP contribution in [0.1, 0.15) is 24.6 Å². The molecule has 6 heteroatoms. The summed E-state index contributed by atoms with van der Waals surface area (Å²) in [4.78, 5) is 15.7. The quantitative estimate of drug-likeness (QED) is 0.894. The van der Waals surface area contributed by atoms with Crippen molar-refractivity contribution in [3.8, 4) is 0 Å². The van der Waals surface area contributed by atoms with E-state index in [1.54, 1.807) is 4.90 Å². The molecule has 1 aromatic heterocycles. The van der Waals surface area contributed by atoms with Crippen LogP contribution in [-0.2, 0) is 11.3 Å². The van der Waals surface area contributed by atoms with Crippen molar-refractivity contribution >= 4 is 6.09 Å². The van der Waals surface area contributed by atoms with E-state index in [9.17, 15) is 4.79 Å². The first-order valence-corrected chi connectivity index (χ1v) is 6.72. The number of nitrogens with zero attached hydrogens (tertiary/aromatic N) is 3. The third-order valence-electron chi connectivity index (χ3n) is 3.67. The highest BCUT2D eigenvalue weighted by atomic mass is 16.6. The Labute approximate surface area is 113 Å². The van der Waals surface area contributed by atoms with Crippen LogP contribution in [0.25, 0.3) is 0 Å². The first kappa shape index (κ1) is 13.9. The van der Waals surface area contributed by atoms with Gasteiger partial charge in [0.1, 0.15) is 0 Å². The standard InChI is InChI=1S/C13H22N4O2/c1-4-19-13(18)17-6-5-12(9-17)16(3)8-11-7-14-15-10(11)2/h7,12H,4-6,8-9H2,1-3H3,(H,14,15). The number of hydrogen-bond acceptors (Lipinski definition) is 4. The first-order valence-electron chi connectivity index (χ1n) is 6.72. The molecule has 0 radical (unpaired) electrons. The number of carbonyl (C=O) groups excluding carboxylic acids is 1. The average molecular weight is 266 g/mol. The smallest absolute Gasteiger partial charge is 0.409 e. The summed E-state index contributed by atoms with van der Waals surface area (Å²) in [7, 11) is 2.09. The lowest BCUT2D eigenvalue weighted by Crippen LogP contribution is -2.36. The lowest BCUT2D eigenvalue weighted by atomic mass is 10.2. The van der Waals surface area contributed by atoms with Gasteiger partial charge in [0.2, 0.25) is 0 Å². The molecule has 1 saturated heterocycles. The lowest BCUT2D eigenvalue weighted by Gasteiger charge is -2.24. The summed E-state index contributed by atoms with van der Waals surface area (Å²) < 4.78 is 5.03. The van der Waals surface area contributed by atoms with Crippen molar-refractivity contribution in [1.82, 2.24) is 20.0 Å². The zero-order chi connectivity index (χ0) is 13.8. The third-order valence-corrected chi connectivity index (χ3v) is 3.67. The molecule has 19 heavy (non-hydrogen) atoms. The molecule has 2 rings (SSSR count). The van der Waals surface area contributed by atoms with Crippen LogP contribution in [0.2, 0.25) is 0 Å². The SMILES string of the molecule is CCOC(=O)N1CCC(N(C)Cc2cn[nH]c2C)C1. The number of rotatable bonds is 4. The minimum absolute atomic E-state index is 0.196. The Morgan fingerprint density at radius 3 is 3.11 bits per heavy atom. The molecule has 1 aliphatic heterocycles. The van der Waals surface area contributed by atoms with Gasteiger partial charge in [0, 0.05) is 36.9 Å². The van der Waals surface area contributed by atoms with Crippen molar-refractivity contribution < 1.29 is 9.53 Å². The van der Waals surface area contributed by atoms with Crippen molar-refractivity contribution in [2.45, 2.75) is 32.9 Å². The van der Waals surface area contributed by atoms with Crippen molar-refractivity contribution in [1.29, 1.82) is 0 Å². The molecular formula is C13H22N4O2. The molecule has 1 unspecified atom stereocenters. The van der Waals surface area contributed by atoms with Crippen molar-refractivity contribution in [3.63, 3.8) is 0 Å². The monoisotopic (exact) mass is 266 g/mol. The second kappa shape index (κ2) is 6.06. The van der Waals surface area contributed by atoms with Crippen LogP contribution >= 0.6 is 0 Å². The van der Waals surface area contributed by atoms with Crippen LogP contribution in [0.4, 0.5) is 4.79 Å². The molecule has 1 fully saturated rings. The van der Waals surface area contributed by atoms with E-state index in [2.05, 4.69) is 22.1 Å². The number of likely N-dealkylation sites (N-methyl/N-ethyl adjacent to an activating group) is 1. The lowest BCUT2D eigenvalue weighted by molar-refractivity contribution is 0.112. The molecule has 106 valence electrons. The van der Waals surface area contributed by atoms with Crippen LogP contribution in [0.3, 0.4) is 0 Å². The maximum absolute atomic E-state index is 11.7. The Bertz CT molecular complexity index is 432. The topological polar surface area (TPSA) is 61.5 Å². The Kier molecular flexibility index (Phi) is 4.42. The minimum Gasteiger partial charge on any atom is -0.450 e. The van der Waals surface area contributed by atoms with E-state index >= 15 is 0 Å². The van der Waals surface area contributed by atoms with Crippen LogP contribution in [0.15, 0.2) is 6.20 Å². The molecular weight excluding hydrogens is 244 g/mol. The third kappa shape index (κ3) is 3.26. The summed E-state index contributed by atoms with van der Waals surface area (Å²) in [5.74, 6) is 0. The predicted molar refractivity (Wildman–Crippen MR) is 71.8 cm³/mol. The molecule has 0 aliphatic carbocycles. The number of likely N-dealkylation sites (tertiary alicyclic amines) is 1. The summed E-state index contributed by atoms with van der Waals surface area (Å²) in [6.45, 7) is 6.66. The summed E-state index contributed by atoms with van der Waals surface area (Å²) in [6.07, 6.45) is 2.66. The van der Waals surface area contributed by atoms with Gasteiger partial charge in [-0.1, -0.05) is 0 Å². The molecule has 0 saturated carbocycles. The number of aromatic nitrogens is 2. The number of aryl methyl sites for hydroxylation is 1. The van der Waals surface area contributed by atoms with E-state index in [1.165, 1.54) is 5.56 Å². The van der Waals surface area contributed by atoms with E-state index in [0.29, 0.717) is 12.6 Å². The first-order chi connectivity index (χ1) is 9.11. The minimum atomic E-state index is -0.196. The highest BCUT2D eigenvalue weighted by Crippen LogP contribution is 2.18. The van der Waals surface area contributed by atoms with E-state index in [0.717, 1.165) is 31.7 Å². The van der Waals surface area contributed by atoms with Gasteiger partial charge >= 0.3 is 6.09 Å². The summed E-state index contributed by atoms with van der Waals surface area (Å²) >= 11 is 0. The van der Waals surface area contributed by atoms with Gasteiger partial charge in [-0.2, -0.15) is 5.10 Å². The van der Waals surface area contributed by atoms with Gasteiger partial charge in [0.05, 0.1) is 12.8 Å². The number of H-pyrrole nitrogens is 1. The number of ether oxygens (including phenoxy) is 1. The van der Waals surface area contributed by atoms with E-state index in [4.69, 9.17) is 4.74 Å². The number of aromatic amines is 1. The van der Waals surface area contributed by atoms with Crippen LogP contribution < -0.4 is 0 Å². The molecule has 0 aromatic carbocycles. The van der Waals surface area contributed by atoms with E-state index in [1.807, 2.05) is 20.0 Å². The second-order valence-corrected chi connectivity index (χ2v) is 5.02. The van der Waals surface area contributed by atoms with Gasteiger partial charge in [0.25, 0.3) is 0 Å². The second-order valence-electron chi connectivity index (χ2n) is 5.02. The van der Waals surface area contributed by atoms with Crippen LogP contribution in [-0.4, -0.2) is 58.9 Å². The Morgan fingerprint density at radius 1 is 1.68 bits per heavy atom. The Hall–Kier alpha value is -1.56. The van der Waals surface area contributed by atoms with Crippen LogP contribution in [0, 0.1) is 6.92 Å². The van der Waals surface area contributed by atoms with Crippen molar-refractivity contribution in [2.24, 2.45) is 0 Å². The fraction of sp³-hybridized carbons (Fsp3) is 0.692. The van der Waals surface area contributed by atoms with E-state index < -0.39 is 0 Å². The molecule has 1 aliphatic rings. The van der Waals surface area contributed by atoms with Crippen LogP contribution in [0.5, 0.6) is 0 Å². The van der Waals surface area contributed by atoms with Gasteiger partial charge in [-0.05, 0) is 27.3 Å². The molecule has 6 nitrogen and oxygen atoms in total. The normalized spacial score (nSPS) is 19.2. The maximum Gasteiger partial charge on any atom is 0.409 e. The fourth-order valence-electron chi connectivity index (χ4n) is 2.42. The number of hydrogen-bond donors (Lipinski definition) is 1. The zero-order valence-electron chi connectivity index (χ0n) is 11.8. The predicted octanol–water partition coefficient (Wildman–Crippen LogP) is 1.38. The summed E-state index contributed by atoms with van der Waals surface area (Å²) in [5, 5.41) is 6.98. The van der Waals surface area contributed by atoms with Crippen molar-refractivity contribution in [3.05, 3.63) is 17.5 Å². The average Bonchev–Trinajstić information content (AvgIpc) is 2.99. The van der Waals surface area contributed by atoms with Gasteiger partial charge in [0.15, 0.2) is 0 Å². The molecule has 1 amide bonds. The maximum atomic E-state index is 11.7. The van der Waals surface area contributed by atoms with E-state index in [-0.39, 0.29) is 6.09 Å². The van der Waals surface area contributed by atoms with Gasteiger partial charge in [-0.25, -0.2) is 4.79 Å². The van der Waals surface area contributed by atoms with Gasteiger partial charge in [-0.15, -0.1) is 0 Å². The molecule has 1 aromatic rings. The van der Waals surface area contributed by atoms with Gasteiger partial charge < -0.3 is 9.64 Å². The molecule has 0 bridgehead atoms. The number of amides is 1. The molecule has 0 spiro atoms. The Balaban J connectivity index is 1.86.